The molecule has 0 amide bonds. The second kappa shape index (κ2) is 5.05. The lowest BCUT2D eigenvalue weighted by Crippen LogP contribution is -2.40. The first kappa shape index (κ1) is 12.4. The predicted octanol–water partition coefficient (Wildman–Crippen LogP) is 0.867. The molecule has 2 N–H and O–H groups in total. The molecule has 6 nitrogen and oxygen atoms in total. The van der Waals surface area contributed by atoms with Crippen LogP contribution < -0.4 is 10.0 Å². The van der Waals surface area contributed by atoms with E-state index in [0.717, 1.165) is 25.8 Å². The van der Waals surface area contributed by atoms with Gasteiger partial charge >= 0.3 is 0 Å². The van der Waals surface area contributed by atoms with Gasteiger partial charge in [0.2, 0.25) is 15.9 Å². The van der Waals surface area contributed by atoms with Gasteiger partial charge in [-0.05, 0) is 26.3 Å². The van der Waals surface area contributed by atoms with Crippen LogP contribution in [0, 0.1) is 6.92 Å². The molecule has 1 fully saturated rings. The Balaban J connectivity index is 1.94. The van der Waals surface area contributed by atoms with Crippen molar-refractivity contribution in [1.82, 2.24) is 10.5 Å². The van der Waals surface area contributed by atoms with E-state index in [2.05, 4.69) is 15.2 Å². The summed E-state index contributed by atoms with van der Waals surface area (Å²) in [5.74, 6) is 0.255. The summed E-state index contributed by atoms with van der Waals surface area (Å²) in [6, 6.07) is 1.59. The lowest BCUT2D eigenvalue weighted by atomic mass is 10.1. The molecule has 1 aromatic heterocycles. The van der Waals surface area contributed by atoms with Gasteiger partial charge in [-0.15, -0.1) is 0 Å². The molecule has 2 heterocycles. The van der Waals surface area contributed by atoms with Gasteiger partial charge in [0, 0.05) is 12.1 Å². The molecule has 1 aliphatic heterocycles. The molecule has 0 aromatic carbocycles. The number of aryl methyl sites for hydroxylation is 1. The number of nitrogens with zero attached hydrogens (tertiary/aromatic N) is 1. The molecule has 1 aliphatic rings. The Labute approximate surface area is 101 Å². The highest BCUT2D eigenvalue weighted by Gasteiger charge is 2.21. The fraction of sp³-hybridized carbons (Fsp3) is 0.700. The van der Waals surface area contributed by atoms with Crippen molar-refractivity contribution in [3.05, 3.63) is 11.8 Å². The van der Waals surface area contributed by atoms with Crippen LogP contribution in [0.5, 0.6) is 0 Å². The summed E-state index contributed by atoms with van der Waals surface area (Å²) in [5, 5.41) is 6.83. The van der Waals surface area contributed by atoms with E-state index in [9.17, 15) is 8.42 Å². The molecule has 2 rings (SSSR count). The quantitative estimate of drug-likeness (QED) is 0.838. The van der Waals surface area contributed by atoms with Gasteiger partial charge in [-0.1, -0.05) is 11.6 Å². The Morgan fingerprint density at radius 2 is 2.41 bits per heavy atom. The zero-order valence-corrected chi connectivity index (χ0v) is 10.6. The Hall–Kier alpha value is -1.08. The van der Waals surface area contributed by atoms with Gasteiger partial charge in [-0.2, -0.15) is 0 Å². The van der Waals surface area contributed by atoms with Crippen molar-refractivity contribution >= 4 is 15.9 Å². The van der Waals surface area contributed by atoms with Crippen molar-refractivity contribution < 1.29 is 12.9 Å². The van der Waals surface area contributed by atoms with Crippen LogP contribution in [0.4, 0.5) is 5.88 Å². The molecule has 7 heteroatoms. The SMILES string of the molecule is Cc1cc(NS(=O)(=O)CC2CCCCN2)on1. The monoisotopic (exact) mass is 259 g/mol. The molecule has 0 aliphatic carbocycles. The fourth-order valence-electron chi connectivity index (χ4n) is 1.94. The number of sulfonamides is 1. The van der Waals surface area contributed by atoms with E-state index in [0.29, 0.717) is 5.69 Å². The molecule has 0 bridgehead atoms. The van der Waals surface area contributed by atoms with Crippen molar-refractivity contribution in [2.45, 2.75) is 32.2 Å². The van der Waals surface area contributed by atoms with Crippen molar-refractivity contribution in [3.63, 3.8) is 0 Å². The number of hydrogen-bond acceptors (Lipinski definition) is 5. The second-order valence-electron chi connectivity index (χ2n) is 4.36. The van der Waals surface area contributed by atoms with E-state index in [1.54, 1.807) is 13.0 Å². The van der Waals surface area contributed by atoms with Gasteiger partial charge in [-0.3, -0.25) is 4.72 Å². The summed E-state index contributed by atoms with van der Waals surface area (Å²) in [6.07, 6.45) is 3.09. The molecular formula is C10H17N3O3S. The highest BCUT2D eigenvalue weighted by Crippen LogP contribution is 2.13. The van der Waals surface area contributed by atoms with Crippen LogP contribution in [0.2, 0.25) is 0 Å². The highest BCUT2D eigenvalue weighted by atomic mass is 32.2. The topological polar surface area (TPSA) is 84.2 Å². The standard InChI is InChI=1S/C10H17N3O3S/c1-8-6-10(16-12-8)13-17(14,15)7-9-4-2-3-5-11-9/h6,9,11,13H,2-5,7H2,1H3. The normalized spacial score (nSPS) is 21.4. The first-order valence-electron chi connectivity index (χ1n) is 5.72. The van der Waals surface area contributed by atoms with E-state index in [4.69, 9.17) is 4.52 Å². The fourth-order valence-corrected chi connectivity index (χ4v) is 3.24. The maximum Gasteiger partial charge on any atom is 0.238 e. The third kappa shape index (κ3) is 3.71. The second-order valence-corrected chi connectivity index (χ2v) is 6.13. The third-order valence-electron chi connectivity index (χ3n) is 2.72. The number of anilines is 1. The van der Waals surface area contributed by atoms with Gasteiger partial charge in [0.15, 0.2) is 0 Å². The highest BCUT2D eigenvalue weighted by molar-refractivity contribution is 7.92. The van der Waals surface area contributed by atoms with E-state index >= 15 is 0 Å². The molecule has 1 atom stereocenters. The molecule has 0 saturated carbocycles. The molecular weight excluding hydrogens is 242 g/mol. The van der Waals surface area contributed by atoms with Gasteiger partial charge in [0.1, 0.15) is 0 Å². The Morgan fingerprint density at radius 3 is 3.00 bits per heavy atom. The summed E-state index contributed by atoms with van der Waals surface area (Å²) in [4.78, 5) is 0. The molecule has 0 radical (unpaired) electrons. The average Bonchev–Trinajstić information content (AvgIpc) is 2.63. The van der Waals surface area contributed by atoms with Crippen molar-refractivity contribution in [2.75, 3.05) is 17.0 Å². The van der Waals surface area contributed by atoms with E-state index in [1.807, 2.05) is 0 Å². The Morgan fingerprint density at radius 1 is 1.59 bits per heavy atom. The van der Waals surface area contributed by atoms with Crippen LogP contribution in [0.1, 0.15) is 25.0 Å². The van der Waals surface area contributed by atoms with Crippen LogP contribution >= 0.6 is 0 Å². The van der Waals surface area contributed by atoms with Gasteiger partial charge in [0.05, 0.1) is 11.4 Å². The first-order valence-corrected chi connectivity index (χ1v) is 7.37. The Bertz CT molecular complexity index is 463. The largest absolute Gasteiger partial charge is 0.338 e. The van der Waals surface area contributed by atoms with Crippen molar-refractivity contribution in [1.29, 1.82) is 0 Å². The zero-order valence-electron chi connectivity index (χ0n) is 9.77. The van der Waals surface area contributed by atoms with Crippen LogP contribution in [-0.2, 0) is 10.0 Å². The van der Waals surface area contributed by atoms with Gasteiger partial charge in [0.25, 0.3) is 0 Å². The molecule has 0 spiro atoms. The van der Waals surface area contributed by atoms with Crippen molar-refractivity contribution in [2.24, 2.45) is 0 Å². The smallest absolute Gasteiger partial charge is 0.238 e. The van der Waals surface area contributed by atoms with Crippen molar-refractivity contribution in [3.8, 4) is 0 Å². The van der Waals surface area contributed by atoms with Crippen LogP contribution in [0.25, 0.3) is 0 Å². The summed E-state index contributed by atoms with van der Waals surface area (Å²) in [7, 11) is -3.37. The Kier molecular flexibility index (Phi) is 3.68. The van der Waals surface area contributed by atoms with E-state index in [-0.39, 0.29) is 17.7 Å². The van der Waals surface area contributed by atoms with Crippen LogP contribution in [-0.4, -0.2) is 31.9 Å². The zero-order chi connectivity index (χ0) is 12.3. The minimum absolute atomic E-state index is 0.0327. The number of hydrogen-bond donors (Lipinski definition) is 2. The molecule has 1 aromatic rings. The number of aromatic nitrogens is 1. The molecule has 17 heavy (non-hydrogen) atoms. The molecule has 1 saturated heterocycles. The number of rotatable bonds is 4. The number of piperidine rings is 1. The maximum absolute atomic E-state index is 11.8. The summed E-state index contributed by atoms with van der Waals surface area (Å²) < 4.78 is 30.9. The average molecular weight is 259 g/mol. The van der Waals surface area contributed by atoms with Gasteiger partial charge < -0.3 is 9.84 Å². The third-order valence-corrected chi connectivity index (χ3v) is 4.07. The van der Waals surface area contributed by atoms with E-state index in [1.165, 1.54) is 0 Å². The summed E-state index contributed by atoms with van der Waals surface area (Å²) in [6.45, 7) is 2.63. The first-order chi connectivity index (χ1) is 8.05. The summed E-state index contributed by atoms with van der Waals surface area (Å²) in [5.41, 5.74) is 0.651. The lowest BCUT2D eigenvalue weighted by Gasteiger charge is -2.22. The minimum Gasteiger partial charge on any atom is -0.338 e. The molecule has 96 valence electrons. The lowest BCUT2D eigenvalue weighted by molar-refractivity contribution is 0.421. The minimum atomic E-state index is -3.37. The predicted molar refractivity (Wildman–Crippen MR) is 64.3 cm³/mol. The number of nitrogens with one attached hydrogen (secondary N) is 2. The van der Waals surface area contributed by atoms with Gasteiger partial charge in [-0.25, -0.2) is 8.42 Å². The molecule has 1 unspecified atom stereocenters. The summed E-state index contributed by atoms with van der Waals surface area (Å²) >= 11 is 0. The van der Waals surface area contributed by atoms with Crippen LogP contribution in [0.3, 0.4) is 0 Å². The van der Waals surface area contributed by atoms with Crippen LogP contribution in [0.15, 0.2) is 10.6 Å². The maximum atomic E-state index is 11.8. The van der Waals surface area contributed by atoms with E-state index < -0.39 is 10.0 Å².